The number of piperidine rings is 1. The molecule has 2 aliphatic rings. The van der Waals surface area contributed by atoms with Crippen molar-refractivity contribution in [3.63, 3.8) is 0 Å². The normalized spacial score (nSPS) is 18.7. The molecule has 12 heteroatoms. The van der Waals surface area contributed by atoms with Gasteiger partial charge in [-0.1, -0.05) is 23.4 Å². The van der Waals surface area contributed by atoms with Crippen LogP contribution in [0.3, 0.4) is 0 Å². The summed E-state index contributed by atoms with van der Waals surface area (Å²) >= 11 is 6.66. The number of pyridine rings is 1. The largest absolute Gasteiger partial charge is 0.434 e. The van der Waals surface area contributed by atoms with Gasteiger partial charge in [0, 0.05) is 37.8 Å². The first-order chi connectivity index (χ1) is 14.6. The Balaban J connectivity index is 1.61. The van der Waals surface area contributed by atoms with Crippen molar-refractivity contribution in [3.8, 4) is 0 Å². The van der Waals surface area contributed by atoms with Crippen molar-refractivity contribution in [1.29, 1.82) is 0 Å². The third kappa shape index (κ3) is 4.22. The molecular formula is C19H21ClF3N5O2S. The van der Waals surface area contributed by atoms with Crippen LogP contribution < -0.4 is 16.2 Å². The molecule has 2 N–H and O–H groups in total. The fourth-order valence-corrected chi connectivity index (χ4v) is 5.25. The van der Waals surface area contributed by atoms with Gasteiger partial charge in [-0.15, -0.1) is 0 Å². The van der Waals surface area contributed by atoms with Crippen molar-refractivity contribution in [3.05, 3.63) is 33.3 Å². The molecule has 0 bridgehead atoms. The Kier molecular flexibility index (Phi) is 5.86. The number of hydrogen-bond acceptors (Lipinski definition) is 7. The number of hydrogen-bond donors (Lipinski definition) is 1. The van der Waals surface area contributed by atoms with Crippen LogP contribution in [0.25, 0.3) is 0 Å². The molecule has 2 aromatic rings. The van der Waals surface area contributed by atoms with Gasteiger partial charge in [0.05, 0.1) is 11.6 Å². The zero-order chi connectivity index (χ0) is 22.4. The molecule has 2 aromatic heterocycles. The van der Waals surface area contributed by atoms with Crippen molar-refractivity contribution < 1.29 is 17.9 Å². The Morgan fingerprint density at radius 2 is 2.00 bits per heavy atom. The summed E-state index contributed by atoms with van der Waals surface area (Å²) < 4.78 is 46.2. The summed E-state index contributed by atoms with van der Waals surface area (Å²) in [7, 11) is 1.58. The second-order valence-electron chi connectivity index (χ2n) is 7.85. The van der Waals surface area contributed by atoms with E-state index >= 15 is 0 Å². The van der Waals surface area contributed by atoms with E-state index in [1.807, 2.05) is 4.90 Å². The maximum atomic E-state index is 13.1. The molecular weight excluding hydrogens is 455 g/mol. The molecule has 31 heavy (non-hydrogen) atoms. The monoisotopic (exact) mass is 475 g/mol. The third-order valence-corrected chi connectivity index (χ3v) is 7.52. The predicted molar refractivity (Wildman–Crippen MR) is 112 cm³/mol. The number of ether oxygens (including phenoxy) is 1. The van der Waals surface area contributed by atoms with Gasteiger partial charge in [-0.05, 0) is 30.7 Å². The molecule has 4 rings (SSSR count). The molecule has 1 spiro atoms. The molecule has 0 atom stereocenters. The molecule has 2 saturated heterocycles. The summed E-state index contributed by atoms with van der Waals surface area (Å²) in [5.41, 5.74) is 4.60. The number of aromatic nitrogens is 3. The molecule has 2 aliphatic heterocycles. The van der Waals surface area contributed by atoms with Gasteiger partial charge in [0.1, 0.15) is 10.7 Å². The molecule has 0 unspecified atom stereocenters. The minimum atomic E-state index is -4.71. The highest BCUT2D eigenvalue weighted by Crippen LogP contribution is 2.42. The van der Waals surface area contributed by atoms with E-state index in [0.717, 1.165) is 63.5 Å². The first kappa shape index (κ1) is 22.2. The molecule has 0 saturated carbocycles. The molecule has 0 aliphatic carbocycles. The van der Waals surface area contributed by atoms with Crippen molar-refractivity contribution in [2.45, 2.75) is 35.2 Å². The zero-order valence-electron chi connectivity index (χ0n) is 16.7. The van der Waals surface area contributed by atoms with Gasteiger partial charge in [0.15, 0.2) is 5.69 Å². The lowest BCUT2D eigenvalue weighted by molar-refractivity contribution is -0.141. The second kappa shape index (κ2) is 8.18. The van der Waals surface area contributed by atoms with E-state index < -0.39 is 22.5 Å². The van der Waals surface area contributed by atoms with Crippen LogP contribution >= 0.6 is 23.4 Å². The Labute approximate surface area is 185 Å². The number of rotatable bonds is 3. The van der Waals surface area contributed by atoms with Crippen LogP contribution in [0.5, 0.6) is 0 Å². The van der Waals surface area contributed by atoms with Crippen molar-refractivity contribution in [2.75, 3.05) is 36.9 Å². The quantitative estimate of drug-likeness (QED) is 0.726. The van der Waals surface area contributed by atoms with Crippen molar-refractivity contribution in [1.82, 2.24) is 14.5 Å². The van der Waals surface area contributed by atoms with Crippen LogP contribution in [0.1, 0.15) is 25.0 Å². The van der Waals surface area contributed by atoms with Crippen molar-refractivity contribution >= 4 is 35.1 Å². The Hall–Kier alpha value is -1.98. The minimum Gasteiger partial charge on any atom is -0.382 e. The molecule has 0 radical (unpaired) electrons. The van der Waals surface area contributed by atoms with Crippen LogP contribution in [0.4, 0.5) is 24.9 Å². The molecule has 7 nitrogen and oxygen atoms in total. The molecule has 168 valence electrons. The number of anilines is 2. The van der Waals surface area contributed by atoms with E-state index in [2.05, 4.69) is 9.97 Å². The number of nitrogen functional groups attached to an aromatic ring is 1. The number of nitrogens with zero attached hydrogens (tertiary/aromatic N) is 4. The van der Waals surface area contributed by atoms with Gasteiger partial charge in [-0.3, -0.25) is 14.3 Å². The van der Waals surface area contributed by atoms with E-state index in [-0.39, 0.29) is 21.0 Å². The fraction of sp³-hybridized carbons (Fsp3) is 0.526. The summed E-state index contributed by atoms with van der Waals surface area (Å²) in [4.78, 5) is 22.8. The van der Waals surface area contributed by atoms with E-state index in [1.54, 1.807) is 7.05 Å². The van der Waals surface area contributed by atoms with Crippen LogP contribution in [-0.2, 0) is 18.0 Å². The third-order valence-electron chi connectivity index (χ3n) is 5.88. The fourth-order valence-electron chi connectivity index (χ4n) is 4.00. The van der Waals surface area contributed by atoms with Gasteiger partial charge in [0.2, 0.25) is 5.95 Å². The maximum absolute atomic E-state index is 13.1. The highest BCUT2D eigenvalue weighted by molar-refractivity contribution is 7.99. The highest BCUT2D eigenvalue weighted by atomic mass is 35.5. The maximum Gasteiger partial charge on any atom is 0.434 e. The van der Waals surface area contributed by atoms with Crippen molar-refractivity contribution in [2.24, 2.45) is 12.5 Å². The number of alkyl halides is 3. The van der Waals surface area contributed by atoms with Crippen LogP contribution in [0.15, 0.2) is 26.8 Å². The summed E-state index contributed by atoms with van der Waals surface area (Å²) in [5.74, 6) is 0.395. The van der Waals surface area contributed by atoms with Gasteiger partial charge < -0.3 is 15.4 Å². The number of nitrogens with two attached hydrogens (primary N) is 1. The summed E-state index contributed by atoms with van der Waals surface area (Å²) in [6.07, 6.45) is -0.798. The van der Waals surface area contributed by atoms with Gasteiger partial charge in [0.25, 0.3) is 5.56 Å². The van der Waals surface area contributed by atoms with Crippen LogP contribution in [0, 0.1) is 5.41 Å². The zero-order valence-corrected chi connectivity index (χ0v) is 18.3. The van der Waals surface area contributed by atoms with E-state index in [0.29, 0.717) is 5.95 Å². The lowest BCUT2D eigenvalue weighted by atomic mass is 9.78. The summed E-state index contributed by atoms with van der Waals surface area (Å²) in [6.45, 7) is 2.99. The molecule has 0 amide bonds. The SMILES string of the molecule is Cn1c(N2CCC3(CCOC3)CC2)nc(N)c(Sc2ccnc(C(F)(F)F)c2Cl)c1=O. The van der Waals surface area contributed by atoms with Gasteiger partial charge >= 0.3 is 6.18 Å². The Bertz CT molecular complexity index is 1050. The van der Waals surface area contributed by atoms with E-state index in [9.17, 15) is 18.0 Å². The smallest absolute Gasteiger partial charge is 0.382 e. The van der Waals surface area contributed by atoms with E-state index in [1.165, 1.54) is 10.6 Å². The average molecular weight is 476 g/mol. The first-order valence-corrected chi connectivity index (χ1v) is 10.9. The highest BCUT2D eigenvalue weighted by Gasteiger charge is 2.39. The molecule has 2 fully saturated rings. The molecule has 4 heterocycles. The van der Waals surface area contributed by atoms with Gasteiger partial charge in [-0.2, -0.15) is 18.2 Å². The summed E-state index contributed by atoms with van der Waals surface area (Å²) in [6, 6.07) is 1.31. The van der Waals surface area contributed by atoms with Crippen LogP contribution in [-0.4, -0.2) is 40.8 Å². The number of halogens is 4. The van der Waals surface area contributed by atoms with Crippen LogP contribution in [0.2, 0.25) is 5.02 Å². The lowest BCUT2D eigenvalue weighted by Gasteiger charge is -2.39. The first-order valence-electron chi connectivity index (χ1n) is 9.70. The molecule has 0 aromatic carbocycles. The summed E-state index contributed by atoms with van der Waals surface area (Å²) in [5, 5.41) is -0.578. The average Bonchev–Trinajstić information content (AvgIpc) is 3.17. The standard InChI is InChI=1S/C19H21ClF3N5O2S/c1-27-16(29)13(31-11-2-6-25-14(12(11)20)19(21,22)23)15(24)26-17(27)28-7-3-18(4-8-28)5-9-30-10-18/h2,6H,3-5,7-10,24H2,1H3. The predicted octanol–water partition coefficient (Wildman–Crippen LogP) is 3.59. The topological polar surface area (TPSA) is 86.3 Å². The second-order valence-corrected chi connectivity index (χ2v) is 9.28. The van der Waals surface area contributed by atoms with E-state index in [4.69, 9.17) is 22.1 Å². The lowest BCUT2D eigenvalue weighted by Crippen LogP contribution is -2.43. The minimum absolute atomic E-state index is 0.0187. The Morgan fingerprint density at radius 1 is 1.29 bits per heavy atom. The Morgan fingerprint density at radius 3 is 2.61 bits per heavy atom. The van der Waals surface area contributed by atoms with Gasteiger partial charge in [-0.25, -0.2) is 0 Å².